The van der Waals surface area contributed by atoms with Crippen LogP contribution < -0.4 is 5.32 Å². The highest BCUT2D eigenvalue weighted by atomic mass is 19.1. The predicted molar refractivity (Wildman–Crippen MR) is 67.0 cm³/mol. The summed E-state index contributed by atoms with van der Waals surface area (Å²) in [7, 11) is 0. The standard InChI is InChI=1S/C14H18FNO2/c1-14(8-3-2-4-9-14)16-13(18)12-10(15)6-5-7-11(12)17/h5-7,17H,2-4,8-9H2,1H3,(H,16,18). The van der Waals surface area contributed by atoms with Crippen molar-refractivity contribution in [1.29, 1.82) is 0 Å². The maximum Gasteiger partial charge on any atom is 0.258 e. The van der Waals surface area contributed by atoms with E-state index in [2.05, 4.69) is 5.32 Å². The number of aromatic hydroxyl groups is 1. The number of hydrogen-bond donors (Lipinski definition) is 2. The average Bonchev–Trinajstić information content (AvgIpc) is 2.28. The minimum Gasteiger partial charge on any atom is -0.507 e. The first kappa shape index (κ1) is 12.9. The van der Waals surface area contributed by atoms with E-state index in [0.717, 1.165) is 25.7 Å². The van der Waals surface area contributed by atoms with Crippen molar-refractivity contribution in [1.82, 2.24) is 5.32 Å². The minimum absolute atomic E-state index is 0.260. The fourth-order valence-corrected chi connectivity index (χ4v) is 2.53. The Morgan fingerprint density at radius 2 is 2.00 bits per heavy atom. The molecule has 1 aromatic carbocycles. The summed E-state index contributed by atoms with van der Waals surface area (Å²) in [6.07, 6.45) is 5.11. The molecule has 2 N–H and O–H groups in total. The van der Waals surface area contributed by atoms with Gasteiger partial charge in [0, 0.05) is 5.54 Å². The third-order valence-corrected chi connectivity index (χ3v) is 3.59. The van der Waals surface area contributed by atoms with Crippen molar-refractivity contribution in [3.8, 4) is 5.75 Å². The molecule has 18 heavy (non-hydrogen) atoms. The molecule has 0 unspecified atom stereocenters. The van der Waals surface area contributed by atoms with Crippen LogP contribution in [0.15, 0.2) is 18.2 Å². The van der Waals surface area contributed by atoms with Gasteiger partial charge in [0.15, 0.2) is 0 Å². The van der Waals surface area contributed by atoms with Crippen LogP contribution in [0, 0.1) is 5.82 Å². The van der Waals surface area contributed by atoms with E-state index in [1.807, 2.05) is 6.92 Å². The average molecular weight is 251 g/mol. The number of carbonyl (C=O) groups excluding carboxylic acids is 1. The molecule has 98 valence electrons. The molecular formula is C14H18FNO2. The topological polar surface area (TPSA) is 49.3 Å². The lowest BCUT2D eigenvalue weighted by Crippen LogP contribution is -2.47. The van der Waals surface area contributed by atoms with Gasteiger partial charge in [0.2, 0.25) is 0 Å². The number of rotatable bonds is 2. The predicted octanol–water partition coefficient (Wildman–Crippen LogP) is 2.98. The highest BCUT2D eigenvalue weighted by Gasteiger charge is 2.30. The fourth-order valence-electron chi connectivity index (χ4n) is 2.53. The minimum atomic E-state index is -0.688. The molecule has 1 amide bonds. The van der Waals surface area contributed by atoms with Gasteiger partial charge in [0.05, 0.1) is 0 Å². The van der Waals surface area contributed by atoms with Crippen LogP contribution in [0.3, 0.4) is 0 Å². The Balaban J connectivity index is 2.17. The molecule has 1 aromatic rings. The van der Waals surface area contributed by atoms with Gasteiger partial charge in [-0.05, 0) is 31.9 Å². The Hall–Kier alpha value is -1.58. The van der Waals surface area contributed by atoms with Gasteiger partial charge in [-0.1, -0.05) is 25.3 Å². The first-order valence-corrected chi connectivity index (χ1v) is 6.32. The largest absolute Gasteiger partial charge is 0.507 e. The van der Waals surface area contributed by atoms with E-state index in [4.69, 9.17) is 0 Å². The van der Waals surface area contributed by atoms with Crippen LogP contribution >= 0.6 is 0 Å². The number of nitrogens with one attached hydrogen (secondary N) is 1. The van der Waals surface area contributed by atoms with Crippen LogP contribution in [-0.4, -0.2) is 16.6 Å². The number of phenolic OH excluding ortho intramolecular Hbond substituents is 1. The quantitative estimate of drug-likeness (QED) is 0.849. The molecule has 2 rings (SSSR count). The first-order valence-electron chi connectivity index (χ1n) is 6.32. The summed E-state index contributed by atoms with van der Waals surface area (Å²) < 4.78 is 13.6. The van der Waals surface area contributed by atoms with Crippen molar-refractivity contribution in [3.05, 3.63) is 29.6 Å². The van der Waals surface area contributed by atoms with Gasteiger partial charge in [-0.2, -0.15) is 0 Å². The molecule has 1 aliphatic rings. The number of phenols is 1. The molecule has 1 aliphatic carbocycles. The van der Waals surface area contributed by atoms with Gasteiger partial charge in [-0.25, -0.2) is 4.39 Å². The number of carbonyl (C=O) groups is 1. The second kappa shape index (κ2) is 4.96. The second-order valence-electron chi connectivity index (χ2n) is 5.21. The highest BCUT2D eigenvalue weighted by Crippen LogP contribution is 2.29. The van der Waals surface area contributed by atoms with E-state index in [1.54, 1.807) is 0 Å². The summed E-state index contributed by atoms with van der Waals surface area (Å²) in [5, 5.41) is 12.4. The van der Waals surface area contributed by atoms with Gasteiger partial charge in [-0.15, -0.1) is 0 Å². The zero-order valence-corrected chi connectivity index (χ0v) is 10.5. The second-order valence-corrected chi connectivity index (χ2v) is 5.21. The van der Waals surface area contributed by atoms with Gasteiger partial charge in [0.1, 0.15) is 17.1 Å². The summed E-state index contributed by atoms with van der Waals surface area (Å²) in [5.41, 5.74) is -0.548. The van der Waals surface area contributed by atoms with Crippen molar-refractivity contribution < 1.29 is 14.3 Å². The lowest BCUT2D eigenvalue weighted by atomic mass is 9.83. The first-order chi connectivity index (χ1) is 8.52. The number of amides is 1. The van der Waals surface area contributed by atoms with Gasteiger partial charge >= 0.3 is 0 Å². The summed E-state index contributed by atoms with van der Waals surface area (Å²) in [4.78, 5) is 12.0. The lowest BCUT2D eigenvalue weighted by Gasteiger charge is -2.34. The SMILES string of the molecule is CC1(NC(=O)c2c(O)cccc2F)CCCCC1. The van der Waals surface area contributed by atoms with Crippen molar-refractivity contribution in [3.63, 3.8) is 0 Å². The zero-order valence-electron chi connectivity index (χ0n) is 10.5. The van der Waals surface area contributed by atoms with Gasteiger partial charge in [-0.3, -0.25) is 4.79 Å². The summed E-state index contributed by atoms with van der Waals surface area (Å²) in [6, 6.07) is 3.88. The van der Waals surface area contributed by atoms with E-state index in [1.165, 1.54) is 24.6 Å². The van der Waals surface area contributed by atoms with Crippen molar-refractivity contribution in [2.24, 2.45) is 0 Å². The molecule has 0 radical (unpaired) electrons. The molecule has 1 saturated carbocycles. The molecule has 0 bridgehead atoms. The maximum atomic E-state index is 13.6. The van der Waals surface area contributed by atoms with Gasteiger partial charge < -0.3 is 10.4 Å². The van der Waals surface area contributed by atoms with Crippen LogP contribution in [0.4, 0.5) is 4.39 Å². The zero-order chi connectivity index (χ0) is 13.2. The molecule has 4 heteroatoms. The highest BCUT2D eigenvalue weighted by molar-refractivity contribution is 5.97. The van der Waals surface area contributed by atoms with Crippen LogP contribution in [0.5, 0.6) is 5.75 Å². The molecule has 0 saturated heterocycles. The van der Waals surface area contributed by atoms with E-state index in [9.17, 15) is 14.3 Å². The normalized spacial score (nSPS) is 18.3. The monoisotopic (exact) mass is 251 g/mol. The van der Waals surface area contributed by atoms with Crippen LogP contribution in [0.1, 0.15) is 49.4 Å². The van der Waals surface area contributed by atoms with Crippen molar-refractivity contribution >= 4 is 5.91 Å². The molecule has 3 nitrogen and oxygen atoms in total. The van der Waals surface area contributed by atoms with E-state index in [-0.39, 0.29) is 16.9 Å². The lowest BCUT2D eigenvalue weighted by molar-refractivity contribution is 0.0875. The maximum absolute atomic E-state index is 13.6. The van der Waals surface area contributed by atoms with Crippen molar-refractivity contribution in [2.45, 2.75) is 44.6 Å². The molecule has 0 atom stereocenters. The molecule has 1 fully saturated rings. The summed E-state index contributed by atoms with van der Waals surface area (Å²) in [5.74, 6) is -1.53. The Morgan fingerprint density at radius 3 is 2.61 bits per heavy atom. The molecular weight excluding hydrogens is 233 g/mol. The smallest absolute Gasteiger partial charge is 0.258 e. The van der Waals surface area contributed by atoms with E-state index < -0.39 is 11.7 Å². The number of halogens is 1. The Labute approximate surface area is 106 Å². The number of benzene rings is 1. The Kier molecular flexibility index (Phi) is 3.55. The van der Waals surface area contributed by atoms with Crippen molar-refractivity contribution in [2.75, 3.05) is 0 Å². The number of hydrogen-bond acceptors (Lipinski definition) is 2. The Bertz CT molecular complexity index is 433. The molecule has 0 aliphatic heterocycles. The van der Waals surface area contributed by atoms with Gasteiger partial charge in [0.25, 0.3) is 5.91 Å². The van der Waals surface area contributed by atoms with E-state index in [0.29, 0.717) is 0 Å². The van der Waals surface area contributed by atoms with Crippen LogP contribution in [0.2, 0.25) is 0 Å². The molecule has 0 aromatic heterocycles. The summed E-state index contributed by atoms with van der Waals surface area (Å²) in [6.45, 7) is 1.97. The third kappa shape index (κ3) is 2.63. The van der Waals surface area contributed by atoms with Crippen LogP contribution in [0.25, 0.3) is 0 Å². The Morgan fingerprint density at radius 1 is 1.33 bits per heavy atom. The fraction of sp³-hybridized carbons (Fsp3) is 0.500. The third-order valence-electron chi connectivity index (χ3n) is 3.59. The molecule has 0 spiro atoms. The summed E-state index contributed by atoms with van der Waals surface area (Å²) >= 11 is 0. The van der Waals surface area contributed by atoms with Crippen LogP contribution in [-0.2, 0) is 0 Å². The van der Waals surface area contributed by atoms with E-state index >= 15 is 0 Å². The molecule has 0 heterocycles.